The Balaban J connectivity index is 1.94. The summed E-state index contributed by atoms with van der Waals surface area (Å²) in [5.74, 6) is -0.733. The highest BCUT2D eigenvalue weighted by molar-refractivity contribution is 5.86. The number of carbonyl (C=O) groups is 2. The fraction of sp³-hybridized carbons (Fsp3) is 0.550. The van der Waals surface area contributed by atoms with Crippen LogP contribution in [0.25, 0.3) is 0 Å². The van der Waals surface area contributed by atoms with Gasteiger partial charge in [0, 0.05) is 19.1 Å². The lowest BCUT2D eigenvalue weighted by Crippen LogP contribution is -2.50. The van der Waals surface area contributed by atoms with Gasteiger partial charge in [0.25, 0.3) is 0 Å². The molecule has 2 N–H and O–H groups in total. The molecule has 2 unspecified atom stereocenters. The number of nitriles is 1. The molecule has 0 aliphatic carbocycles. The average molecular weight is 390 g/mol. The summed E-state index contributed by atoms with van der Waals surface area (Å²) in [6.45, 7) is 8.22. The van der Waals surface area contributed by atoms with Gasteiger partial charge in [-0.3, -0.25) is 4.79 Å². The van der Waals surface area contributed by atoms with Crippen molar-refractivity contribution in [3.05, 3.63) is 29.6 Å². The molecule has 2 atom stereocenters. The summed E-state index contributed by atoms with van der Waals surface area (Å²) in [6.07, 6.45) is 0.488. The number of carbonyl (C=O) groups excluding carboxylic acids is 2. The van der Waals surface area contributed by atoms with Crippen LogP contribution in [-0.2, 0) is 9.53 Å². The Hall–Kier alpha value is -2.82. The summed E-state index contributed by atoms with van der Waals surface area (Å²) in [4.78, 5) is 26.4. The Kier molecular flexibility index (Phi) is 6.84. The van der Waals surface area contributed by atoms with Crippen molar-refractivity contribution >= 4 is 17.7 Å². The number of alkyl carbamates (subject to hydrolysis) is 1. The predicted molar refractivity (Wildman–Crippen MR) is 103 cm³/mol. The van der Waals surface area contributed by atoms with Crippen molar-refractivity contribution in [1.29, 1.82) is 5.26 Å². The van der Waals surface area contributed by atoms with Crippen molar-refractivity contribution in [2.45, 2.75) is 58.2 Å². The highest BCUT2D eigenvalue weighted by atomic mass is 19.1. The number of benzene rings is 1. The number of anilines is 1. The SMILES string of the molecule is CCC(NC(=O)OC(C)(C)C)C(=O)NC1CCN(c2ccc(F)cc2C#N)C1. The van der Waals surface area contributed by atoms with E-state index in [4.69, 9.17) is 4.74 Å². The number of hydrogen-bond acceptors (Lipinski definition) is 5. The second kappa shape index (κ2) is 8.91. The number of ether oxygens (including phenoxy) is 1. The lowest BCUT2D eigenvalue weighted by atomic mass is 10.1. The van der Waals surface area contributed by atoms with Crippen molar-refractivity contribution in [3.8, 4) is 6.07 Å². The van der Waals surface area contributed by atoms with E-state index in [9.17, 15) is 19.2 Å². The van der Waals surface area contributed by atoms with Crippen molar-refractivity contribution < 1.29 is 18.7 Å². The van der Waals surface area contributed by atoms with Gasteiger partial charge in [-0.2, -0.15) is 5.26 Å². The van der Waals surface area contributed by atoms with Gasteiger partial charge in [-0.05, 0) is 51.8 Å². The zero-order valence-electron chi connectivity index (χ0n) is 16.7. The van der Waals surface area contributed by atoms with Crippen LogP contribution in [0.1, 0.15) is 46.1 Å². The zero-order chi connectivity index (χ0) is 20.9. The van der Waals surface area contributed by atoms with E-state index in [1.807, 2.05) is 11.0 Å². The first-order chi connectivity index (χ1) is 13.1. The number of halogens is 1. The Bertz CT molecular complexity index is 770. The standard InChI is InChI=1S/C20H27FN4O3/c1-5-16(24-19(27)28-20(2,3)4)18(26)23-15-8-9-25(12-15)17-7-6-14(21)10-13(17)11-22/h6-7,10,15-16H,5,8-9,12H2,1-4H3,(H,23,26)(H,24,27). The van der Waals surface area contributed by atoms with Crippen LogP contribution < -0.4 is 15.5 Å². The van der Waals surface area contributed by atoms with Crippen LogP contribution in [0.15, 0.2) is 18.2 Å². The molecule has 28 heavy (non-hydrogen) atoms. The number of nitrogens with zero attached hydrogens (tertiary/aromatic N) is 2. The summed E-state index contributed by atoms with van der Waals surface area (Å²) >= 11 is 0. The molecule has 1 heterocycles. The normalized spacial score (nSPS) is 17.6. The minimum Gasteiger partial charge on any atom is -0.444 e. The minimum atomic E-state index is -0.690. The van der Waals surface area contributed by atoms with E-state index in [0.717, 1.165) is 0 Å². The molecular weight excluding hydrogens is 363 g/mol. The highest BCUT2D eigenvalue weighted by Gasteiger charge is 2.29. The Labute approximate surface area is 164 Å². The first-order valence-corrected chi connectivity index (χ1v) is 9.37. The number of amides is 2. The van der Waals surface area contributed by atoms with Gasteiger partial charge in [0.2, 0.25) is 5.91 Å². The lowest BCUT2D eigenvalue weighted by Gasteiger charge is -2.24. The molecule has 0 saturated carbocycles. The summed E-state index contributed by atoms with van der Waals surface area (Å²) in [5.41, 5.74) is 0.280. The molecule has 1 aromatic carbocycles. The molecule has 0 aromatic heterocycles. The first-order valence-electron chi connectivity index (χ1n) is 9.37. The molecule has 1 saturated heterocycles. The Morgan fingerprint density at radius 2 is 2.14 bits per heavy atom. The molecule has 8 heteroatoms. The molecule has 2 amide bonds. The second-order valence-electron chi connectivity index (χ2n) is 7.82. The van der Waals surface area contributed by atoms with Gasteiger partial charge in [-0.1, -0.05) is 6.92 Å². The van der Waals surface area contributed by atoms with Crippen molar-refractivity contribution in [2.24, 2.45) is 0 Å². The first kappa shape index (κ1) is 21.5. The maximum Gasteiger partial charge on any atom is 0.408 e. The van der Waals surface area contributed by atoms with Crippen LogP contribution in [0.3, 0.4) is 0 Å². The van der Waals surface area contributed by atoms with Gasteiger partial charge >= 0.3 is 6.09 Å². The topological polar surface area (TPSA) is 94.5 Å². The van der Waals surface area contributed by atoms with Gasteiger partial charge in [0.05, 0.1) is 11.3 Å². The summed E-state index contributed by atoms with van der Waals surface area (Å²) < 4.78 is 18.5. The van der Waals surface area contributed by atoms with Crippen LogP contribution in [0.5, 0.6) is 0 Å². The van der Waals surface area contributed by atoms with E-state index < -0.39 is 23.6 Å². The molecule has 152 valence electrons. The largest absolute Gasteiger partial charge is 0.444 e. The molecule has 0 spiro atoms. The van der Waals surface area contributed by atoms with E-state index in [2.05, 4.69) is 10.6 Å². The molecule has 1 aliphatic rings. The maximum atomic E-state index is 13.3. The summed E-state index contributed by atoms with van der Waals surface area (Å²) in [7, 11) is 0. The second-order valence-corrected chi connectivity index (χ2v) is 7.82. The van der Waals surface area contributed by atoms with E-state index in [1.54, 1.807) is 33.8 Å². The number of rotatable bonds is 5. The molecule has 1 aliphatic heterocycles. The number of nitrogens with one attached hydrogen (secondary N) is 2. The fourth-order valence-corrected chi connectivity index (χ4v) is 3.08. The van der Waals surface area contributed by atoms with E-state index in [0.29, 0.717) is 31.6 Å². The van der Waals surface area contributed by atoms with Crippen LogP contribution in [0.2, 0.25) is 0 Å². The molecule has 1 aromatic rings. The van der Waals surface area contributed by atoms with Crippen LogP contribution in [0.4, 0.5) is 14.9 Å². The third kappa shape index (κ3) is 5.84. The summed E-state index contributed by atoms with van der Waals surface area (Å²) in [5, 5.41) is 14.8. The van der Waals surface area contributed by atoms with Gasteiger partial charge in [-0.25, -0.2) is 9.18 Å². The zero-order valence-corrected chi connectivity index (χ0v) is 16.7. The Morgan fingerprint density at radius 3 is 2.75 bits per heavy atom. The Morgan fingerprint density at radius 1 is 1.43 bits per heavy atom. The van der Waals surface area contributed by atoms with Gasteiger partial charge in [-0.15, -0.1) is 0 Å². The van der Waals surface area contributed by atoms with E-state index in [1.165, 1.54) is 12.1 Å². The van der Waals surface area contributed by atoms with Crippen molar-refractivity contribution in [2.75, 3.05) is 18.0 Å². The van der Waals surface area contributed by atoms with Crippen LogP contribution in [0, 0.1) is 17.1 Å². The monoisotopic (exact) mass is 390 g/mol. The van der Waals surface area contributed by atoms with Gasteiger partial charge in [0.1, 0.15) is 23.5 Å². The third-order valence-electron chi connectivity index (χ3n) is 4.37. The van der Waals surface area contributed by atoms with Gasteiger partial charge in [0.15, 0.2) is 0 Å². The van der Waals surface area contributed by atoms with E-state index in [-0.39, 0.29) is 17.5 Å². The molecule has 7 nitrogen and oxygen atoms in total. The minimum absolute atomic E-state index is 0.126. The lowest BCUT2D eigenvalue weighted by molar-refractivity contribution is -0.123. The van der Waals surface area contributed by atoms with Gasteiger partial charge < -0.3 is 20.3 Å². The van der Waals surface area contributed by atoms with Crippen molar-refractivity contribution in [1.82, 2.24) is 10.6 Å². The fourth-order valence-electron chi connectivity index (χ4n) is 3.08. The average Bonchev–Trinajstić information content (AvgIpc) is 3.05. The quantitative estimate of drug-likeness (QED) is 0.806. The summed E-state index contributed by atoms with van der Waals surface area (Å²) in [6, 6.07) is 5.30. The highest BCUT2D eigenvalue weighted by Crippen LogP contribution is 2.25. The third-order valence-corrected chi connectivity index (χ3v) is 4.37. The van der Waals surface area contributed by atoms with E-state index >= 15 is 0 Å². The molecule has 0 bridgehead atoms. The van der Waals surface area contributed by atoms with Crippen molar-refractivity contribution in [3.63, 3.8) is 0 Å². The van der Waals surface area contributed by atoms with Crippen LogP contribution in [-0.4, -0.2) is 42.8 Å². The smallest absolute Gasteiger partial charge is 0.408 e. The van der Waals surface area contributed by atoms with Crippen LogP contribution >= 0.6 is 0 Å². The molecular formula is C20H27FN4O3. The molecule has 1 fully saturated rings. The molecule has 2 rings (SSSR count). The predicted octanol–water partition coefficient (Wildman–Crippen LogP) is 2.70. The molecule has 0 radical (unpaired) electrons. The number of hydrogen-bond donors (Lipinski definition) is 2. The maximum absolute atomic E-state index is 13.3.